The van der Waals surface area contributed by atoms with E-state index in [1.165, 1.54) is 21.9 Å². The molecule has 0 radical (unpaired) electrons. The molecular weight excluding hydrogens is 351 g/mol. The summed E-state index contributed by atoms with van der Waals surface area (Å²) in [4.78, 5) is 18.9. The zero-order valence-electron chi connectivity index (χ0n) is 15.1. The molecule has 7 heteroatoms. The Kier molecular flexibility index (Phi) is 8.08. The Morgan fingerprint density at radius 2 is 1.96 bits per heavy atom. The summed E-state index contributed by atoms with van der Waals surface area (Å²) < 4.78 is 13.1. The molecule has 0 aliphatic carbocycles. The quantitative estimate of drug-likeness (QED) is 0.377. The fraction of sp³-hybridized carbons (Fsp3) is 0.368. The molecule has 26 heavy (non-hydrogen) atoms. The highest BCUT2D eigenvalue weighted by molar-refractivity contribution is 7.11. The normalized spacial score (nSPS) is 11.3. The molecule has 0 saturated carbocycles. The largest absolute Gasteiger partial charge is 0.357 e. The Bertz CT molecular complexity index is 745. The van der Waals surface area contributed by atoms with Crippen molar-refractivity contribution in [2.45, 2.75) is 26.8 Å². The van der Waals surface area contributed by atoms with Gasteiger partial charge in [-0.05, 0) is 43.7 Å². The summed E-state index contributed by atoms with van der Waals surface area (Å²) in [5.41, 5.74) is 0.664. The number of halogens is 1. The standard InChI is InChI=1S/C19H25FN4OS/c1-3-21-19(24-13-17-8-7-14(2)26-17)23-10-9-22-18(25)12-15-5-4-6-16(20)11-15/h4-8,11H,3,9-10,12-13H2,1-2H3,(H,22,25)(H2,21,23,24). The number of aliphatic imine (C=N–C) groups is 1. The molecule has 1 heterocycles. The van der Waals surface area contributed by atoms with E-state index in [2.05, 4.69) is 40.0 Å². The van der Waals surface area contributed by atoms with Gasteiger partial charge in [0.05, 0.1) is 13.0 Å². The van der Waals surface area contributed by atoms with Crippen molar-refractivity contribution >= 4 is 23.2 Å². The third-order valence-corrected chi connectivity index (χ3v) is 4.51. The van der Waals surface area contributed by atoms with E-state index in [0.717, 1.165) is 12.5 Å². The lowest BCUT2D eigenvalue weighted by atomic mass is 10.1. The SMILES string of the molecule is CCNC(=NCc1ccc(C)s1)NCCNC(=O)Cc1cccc(F)c1. The molecule has 0 unspecified atom stereocenters. The van der Waals surface area contributed by atoms with Gasteiger partial charge >= 0.3 is 0 Å². The highest BCUT2D eigenvalue weighted by atomic mass is 32.1. The van der Waals surface area contributed by atoms with Crippen LogP contribution >= 0.6 is 11.3 Å². The van der Waals surface area contributed by atoms with Crippen molar-refractivity contribution in [3.63, 3.8) is 0 Å². The van der Waals surface area contributed by atoms with Gasteiger partial charge in [-0.15, -0.1) is 11.3 Å². The van der Waals surface area contributed by atoms with Crippen molar-refractivity contribution in [1.29, 1.82) is 0 Å². The van der Waals surface area contributed by atoms with Crippen LogP contribution in [0.15, 0.2) is 41.4 Å². The number of thiophene rings is 1. The van der Waals surface area contributed by atoms with Crippen LogP contribution in [0.25, 0.3) is 0 Å². The molecule has 1 aromatic heterocycles. The lowest BCUT2D eigenvalue weighted by molar-refractivity contribution is -0.120. The number of carbonyl (C=O) groups is 1. The molecule has 0 aliphatic heterocycles. The molecule has 0 fully saturated rings. The van der Waals surface area contributed by atoms with Crippen molar-refractivity contribution in [2.24, 2.45) is 4.99 Å². The highest BCUT2D eigenvalue weighted by Gasteiger charge is 2.04. The Morgan fingerprint density at radius 3 is 2.65 bits per heavy atom. The number of carbonyl (C=O) groups excluding carboxylic acids is 1. The smallest absolute Gasteiger partial charge is 0.224 e. The number of aryl methyl sites for hydroxylation is 1. The summed E-state index contributed by atoms with van der Waals surface area (Å²) in [5.74, 6) is 0.260. The molecule has 0 spiro atoms. The Hall–Kier alpha value is -2.41. The minimum atomic E-state index is -0.329. The van der Waals surface area contributed by atoms with Crippen molar-refractivity contribution < 1.29 is 9.18 Å². The third kappa shape index (κ3) is 7.23. The Morgan fingerprint density at radius 1 is 1.15 bits per heavy atom. The number of rotatable bonds is 8. The predicted molar refractivity (Wildman–Crippen MR) is 105 cm³/mol. The van der Waals surface area contributed by atoms with E-state index in [9.17, 15) is 9.18 Å². The first-order valence-corrected chi connectivity index (χ1v) is 9.47. The summed E-state index contributed by atoms with van der Waals surface area (Å²) in [5, 5.41) is 9.20. The van der Waals surface area contributed by atoms with Crippen LogP contribution in [-0.2, 0) is 17.8 Å². The Labute approximate surface area is 157 Å². The summed E-state index contributed by atoms with van der Waals surface area (Å²) in [6.07, 6.45) is 0.170. The average Bonchev–Trinajstić information content (AvgIpc) is 3.02. The first kappa shape index (κ1) is 19.9. The van der Waals surface area contributed by atoms with E-state index in [1.54, 1.807) is 23.5 Å². The minimum Gasteiger partial charge on any atom is -0.357 e. The van der Waals surface area contributed by atoms with Gasteiger partial charge in [0.2, 0.25) is 5.91 Å². The van der Waals surface area contributed by atoms with E-state index < -0.39 is 0 Å². The molecular formula is C19H25FN4OS. The molecule has 0 aliphatic rings. The monoisotopic (exact) mass is 376 g/mol. The van der Waals surface area contributed by atoms with Crippen LogP contribution in [0.5, 0.6) is 0 Å². The molecule has 3 N–H and O–H groups in total. The summed E-state index contributed by atoms with van der Waals surface area (Å²) in [6.45, 7) is 6.50. The van der Waals surface area contributed by atoms with Crippen molar-refractivity contribution in [2.75, 3.05) is 19.6 Å². The summed E-state index contributed by atoms with van der Waals surface area (Å²) >= 11 is 1.74. The summed E-state index contributed by atoms with van der Waals surface area (Å²) in [7, 11) is 0. The number of hydrogen-bond acceptors (Lipinski definition) is 3. The van der Waals surface area contributed by atoms with E-state index in [-0.39, 0.29) is 18.1 Å². The number of guanidine groups is 1. The van der Waals surface area contributed by atoms with Gasteiger partial charge < -0.3 is 16.0 Å². The van der Waals surface area contributed by atoms with Crippen LogP contribution < -0.4 is 16.0 Å². The van der Waals surface area contributed by atoms with Gasteiger partial charge in [-0.25, -0.2) is 9.38 Å². The first-order chi connectivity index (χ1) is 12.6. The number of hydrogen-bond donors (Lipinski definition) is 3. The van der Waals surface area contributed by atoms with Gasteiger partial charge in [-0.1, -0.05) is 12.1 Å². The molecule has 0 atom stereocenters. The predicted octanol–water partition coefficient (Wildman–Crippen LogP) is 2.61. The van der Waals surface area contributed by atoms with Gasteiger partial charge in [-0.3, -0.25) is 4.79 Å². The second-order valence-corrected chi connectivity index (χ2v) is 7.16. The zero-order valence-corrected chi connectivity index (χ0v) is 16.0. The van der Waals surface area contributed by atoms with E-state index >= 15 is 0 Å². The van der Waals surface area contributed by atoms with Crippen molar-refractivity contribution in [3.8, 4) is 0 Å². The molecule has 2 rings (SSSR count). The van der Waals surface area contributed by atoms with Crippen LogP contribution in [0.2, 0.25) is 0 Å². The Balaban J connectivity index is 1.72. The number of nitrogens with zero attached hydrogens (tertiary/aromatic N) is 1. The van der Waals surface area contributed by atoms with Crippen LogP contribution in [0.4, 0.5) is 4.39 Å². The van der Waals surface area contributed by atoms with Gasteiger partial charge in [0, 0.05) is 29.4 Å². The van der Waals surface area contributed by atoms with Gasteiger partial charge in [0.15, 0.2) is 5.96 Å². The van der Waals surface area contributed by atoms with Gasteiger partial charge in [-0.2, -0.15) is 0 Å². The molecule has 5 nitrogen and oxygen atoms in total. The minimum absolute atomic E-state index is 0.131. The lowest BCUT2D eigenvalue weighted by Gasteiger charge is -2.11. The van der Waals surface area contributed by atoms with Gasteiger partial charge in [0.1, 0.15) is 5.82 Å². The third-order valence-electron chi connectivity index (χ3n) is 3.53. The fourth-order valence-electron chi connectivity index (χ4n) is 2.35. The van der Waals surface area contributed by atoms with E-state index in [0.29, 0.717) is 25.2 Å². The highest BCUT2D eigenvalue weighted by Crippen LogP contribution is 2.15. The van der Waals surface area contributed by atoms with Crippen LogP contribution in [0.3, 0.4) is 0 Å². The second-order valence-electron chi connectivity index (χ2n) is 5.79. The molecule has 1 aromatic carbocycles. The number of benzene rings is 1. The molecule has 2 aromatic rings. The van der Waals surface area contributed by atoms with Crippen LogP contribution in [0.1, 0.15) is 22.2 Å². The van der Waals surface area contributed by atoms with Crippen LogP contribution in [0, 0.1) is 12.7 Å². The maximum atomic E-state index is 13.1. The van der Waals surface area contributed by atoms with Crippen molar-refractivity contribution in [3.05, 3.63) is 57.5 Å². The number of nitrogens with one attached hydrogen (secondary N) is 3. The van der Waals surface area contributed by atoms with E-state index in [1.807, 2.05) is 6.92 Å². The maximum Gasteiger partial charge on any atom is 0.224 e. The molecule has 1 amide bonds. The first-order valence-electron chi connectivity index (χ1n) is 8.65. The second kappa shape index (κ2) is 10.6. The zero-order chi connectivity index (χ0) is 18.8. The molecule has 0 saturated heterocycles. The van der Waals surface area contributed by atoms with E-state index in [4.69, 9.17) is 0 Å². The fourth-order valence-corrected chi connectivity index (χ4v) is 3.16. The average molecular weight is 377 g/mol. The lowest BCUT2D eigenvalue weighted by Crippen LogP contribution is -2.41. The summed E-state index contributed by atoms with van der Waals surface area (Å²) in [6, 6.07) is 10.3. The van der Waals surface area contributed by atoms with Crippen molar-refractivity contribution in [1.82, 2.24) is 16.0 Å². The molecule has 140 valence electrons. The maximum absolute atomic E-state index is 13.1. The van der Waals surface area contributed by atoms with Crippen LogP contribution in [-0.4, -0.2) is 31.5 Å². The topological polar surface area (TPSA) is 65.5 Å². The van der Waals surface area contributed by atoms with Gasteiger partial charge in [0.25, 0.3) is 0 Å². The molecule has 0 bridgehead atoms. The number of amides is 1.